The van der Waals surface area contributed by atoms with E-state index in [0.29, 0.717) is 17.9 Å². The Morgan fingerprint density at radius 2 is 2.06 bits per heavy atom. The number of carbonyl (C=O) groups excluding carboxylic acids is 1. The van der Waals surface area contributed by atoms with Crippen LogP contribution in [0, 0.1) is 11.7 Å². The summed E-state index contributed by atoms with van der Waals surface area (Å²) in [4.78, 5) is 11.9. The van der Waals surface area contributed by atoms with Gasteiger partial charge in [0.05, 0.1) is 5.69 Å². The van der Waals surface area contributed by atoms with Crippen LogP contribution >= 0.6 is 0 Å². The summed E-state index contributed by atoms with van der Waals surface area (Å²) < 4.78 is 13.2. The van der Waals surface area contributed by atoms with Gasteiger partial charge in [0.25, 0.3) is 0 Å². The van der Waals surface area contributed by atoms with Crippen LogP contribution in [0.2, 0.25) is 0 Å². The third-order valence-corrected chi connectivity index (χ3v) is 3.58. The molecule has 1 saturated carbocycles. The first-order valence-electron chi connectivity index (χ1n) is 6.25. The summed E-state index contributed by atoms with van der Waals surface area (Å²) in [6.45, 7) is 0. The number of Topliss-reactive ketones (excluding diaryl/α,β-unsaturated/α-hetero) is 1. The predicted octanol–water partition coefficient (Wildman–Crippen LogP) is 3.56. The standard InChI is InChI=1S/C14H18FNO/c15-12-9-11(6-7-13(12)16)14(17)8-5-10-3-1-2-4-10/h6-7,9-10H,1-5,8,16H2. The van der Waals surface area contributed by atoms with Gasteiger partial charge in [-0.25, -0.2) is 4.39 Å². The van der Waals surface area contributed by atoms with Gasteiger partial charge in [0, 0.05) is 12.0 Å². The maximum Gasteiger partial charge on any atom is 0.162 e. The molecule has 1 aliphatic carbocycles. The fraction of sp³-hybridized carbons (Fsp3) is 0.500. The van der Waals surface area contributed by atoms with E-state index in [-0.39, 0.29) is 11.5 Å². The lowest BCUT2D eigenvalue weighted by molar-refractivity contribution is 0.0973. The number of hydrogen-bond donors (Lipinski definition) is 1. The molecule has 0 amide bonds. The first-order valence-corrected chi connectivity index (χ1v) is 6.25. The highest BCUT2D eigenvalue weighted by Gasteiger charge is 2.17. The quantitative estimate of drug-likeness (QED) is 0.640. The molecular formula is C14H18FNO. The third kappa shape index (κ3) is 3.05. The molecule has 0 aliphatic heterocycles. The molecule has 0 unspecified atom stereocenters. The summed E-state index contributed by atoms with van der Waals surface area (Å²) in [6, 6.07) is 4.31. The molecule has 1 aromatic carbocycles. The number of benzene rings is 1. The van der Waals surface area contributed by atoms with Gasteiger partial charge in [0.2, 0.25) is 0 Å². The molecule has 0 saturated heterocycles. The van der Waals surface area contributed by atoms with E-state index in [2.05, 4.69) is 0 Å². The maximum atomic E-state index is 13.2. The lowest BCUT2D eigenvalue weighted by atomic mass is 9.97. The van der Waals surface area contributed by atoms with Gasteiger partial charge < -0.3 is 5.73 Å². The average molecular weight is 235 g/mol. The number of halogens is 1. The Balaban J connectivity index is 1.92. The number of hydrogen-bond acceptors (Lipinski definition) is 2. The zero-order valence-electron chi connectivity index (χ0n) is 9.92. The van der Waals surface area contributed by atoms with Crippen LogP contribution in [0.4, 0.5) is 10.1 Å². The molecule has 0 spiro atoms. The van der Waals surface area contributed by atoms with Crippen LogP contribution in [-0.2, 0) is 0 Å². The zero-order valence-corrected chi connectivity index (χ0v) is 9.92. The van der Waals surface area contributed by atoms with Gasteiger partial charge in [-0.05, 0) is 30.5 Å². The van der Waals surface area contributed by atoms with Crippen molar-refractivity contribution in [2.24, 2.45) is 5.92 Å². The van der Waals surface area contributed by atoms with E-state index in [1.54, 1.807) is 6.07 Å². The molecule has 0 radical (unpaired) electrons. The molecule has 2 rings (SSSR count). The van der Waals surface area contributed by atoms with E-state index >= 15 is 0 Å². The van der Waals surface area contributed by atoms with Gasteiger partial charge in [-0.3, -0.25) is 4.79 Å². The second kappa shape index (κ2) is 5.30. The molecule has 17 heavy (non-hydrogen) atoms. The Kier molecular flexibility index (Phi) is 3.77. The molecule has 1 aliphatic rings. The van der Waals surface area contributed by atoms with E-state index in [1.807, 2.05) is 0 Å². The average Bonchev–Trinajstić information content (AvgIpc) is 2.82. The molecule has 1 aromatic rings. The van der Waals surface area contributed by atoms with Crippen LogP contribution in [-0.4, -0.2) is 5.78 Å². The Morgan fingerprint density at radius 1 is 1.35 bits per heavy atom. The molecule has 0 atom stereocenters. The van der Waals surface area contributed by atoms with Gasteiger partial charge in [-0.1, -0.05) is 25.7 Å². The summed E-state index contributed by atoms with van der Waals surface area (Å²) in [7, 11) is 0. The summed E-state index contributed by atoms with van der Waals surface area (Å²) in [6.07, 6.45) is 6.51. The molecule has 3 heteroatoms. The van der Waals surface area contributed by atoms with E-state index in [4.69, 9.17) is 5.73 Å². The SMILES string of the molecule is Nc1ccc(C(=O)CCC2CCCC2)cc1F. The molecule has 2 N–H and O–H groups in total. The van der Waals surface area contributed by atoms with Crippen molar-refractivity contribution in [3.63, 3.8) is 0 Å². The van der Waals surface area contributed by atoms with Crippen molar-refractivity contribution in [3.8, 4) is 0 Å². The second-order valence-electron chi connectivity index (χ2n) is 4.85. The Hall–Kier alpha value is -1.38. The van der Waals surface area contributed by atoms with Crippen LogP contribution < -0.4 is 5.73 Å². The minimum absolute atomic E-state index is 0.0239. The van der Waals surface area contributed by atoms with Gasteiger partial charge in [-0.15, -0.1) is 0 Å². The Labute approximate surface area is 101 Å². The highest BCUT2D eigenvalue weighted by atomic mass is 19.1. The van der Waals surface area contributed by atoms with Gasteiger partial charge in [0.15, 0.2) is 5.78 Å². The van der Waals surface area contributed by atoms with Crippen LogP contribution in [0.25, 0.3) is 0 Å². The van der Waals surface area contributed by atoms with E-state index in [0.717, 1.165) is 6.42 Å². The molecule has 0 aromatic heterocycles. The summed E-state index contributed by atoms with van der Waals surface area (Å²) >= 11 is 0. The molecular weight excluding hydrogens is 217 g/mol. The molecule has 0 heterocycles. The molecule has 1 fully saturated rings. The topological polar surface area (TPSA) is 43.1 Å². The van der Waals surface area contributed by atoms with Crippen LogP contribution in [0.3, 0.4) is 0 Å². The first kappa shape index (κ1) is 12.1. The van der Waals surface area contributed by atoms with Crippen molar-refractivity contribution in [2.45, 2.75) is 38.5 Å². The Bertz CT molecular complexity index is 411. The molecule has 92 valence electrons. The van der Waals surface area contributed by atoms with Crippen LogP contribution in [0.5, 0.6) is 0 Å². The van der Waals surface area contributed by atoms with Gasteiger partial charge in [-0.2, -0.15) is 0 Å². The minimum atomic E-state index is -0.503. The van der Waals surface area contributed by atoms with Crippen molar-refractivity contribution in [1.82, 2.24) is 0 Å². The predicted molar refractivity (Wildman–Crippen MR) is 66.3 cm³/mol. The fourth-order valence-corrected chi connectivity index (χ4v) is 2.48. The van der Waals surface area contributed by atoms with Crippen molar-refractivity contribution in [3.05, 3.63) is 29.6 Å². The zero-order chi connectivity index (χ0) is 12.3. The number of nitrogen functional groups attached to an aromatic ring is 1. The second-order valence-corrected chi connectivity index (χ2v) is 4.85. The maximum absolute atomic E-state index is 13.2. The monoisotopic (exact) mass is 235 g/mol. The van der Waals surface area contributed by atoms with Crippen molar-refractivity contribution in [2.75, 3.05) is 5.73 Å². The lowest BCUT2D eigenvalue weighted by Crippen LogP contribution is -2.04. The minimum Gasteiger partial charge on any atom is -0.396 e. The van der Waals surface area contributed by atoms with Gasteiger partial charge >= 0.3 is 0 Å². The van der Waals surface area contributed by atoms with Crippen molar-refractivity contribution >= 4 is 11.5 Å². The summed E-state index contributed by atoms with van der Waals surface area (Å²) in [5.74, 6) is 0.213. The lowest BCUT2D eigenvalue weighted by Gasteiger charge is -2.08. The highest BCUT2D eigenvalue weighted by molar-refractivity contribution is 5.96. The number of ketones is 1. The van der Waals surface area contributed by atoms with Crippen LogP contribution in [0.15, 0.2) is 18.2 Å². The number of carbonyl (C=O) groups is 1. The number of anilines is 1. The van der Waals surface area contributed by atoms with E-state index in [9.17, 15) is 9.18 Å². The van der Waals surface area contributed by atoms with Crippen molar-refractivity contribution in [1.29, 1.82) is 0 Å². The summed E-state index contributed by atoms with van der Waals surface area (Å²) in [5, 5.41) is 0. The summed E-state index contributed by atoms with van der Waals surface area (Å²) in [5.41, 5.74) is 5.91. The van der Waals surface area contributed by atoms with E-state index in [1.165, 1.54) is 37.8 Å². The third-order valence-electron chi connectivity index (χ3n) is 3.58. The van der Waals surface area contributed by atoms with Crippen molar-refractivity contribution < 1.29 is 9.18 Å². The van der Waals surface area contributed by atoms with Crippen LogP contribution in [0.1, 0.15) is 48.9 Å². The van der Waals surface area contributed by atoms with E-state index < -0.39 is 5.82 Å². The number of rotatable bonds is 4. The smallest absolute Gasteiger partial charge is 0.162 e. The highest BCUT2D eigenvalue weighted by Crippen LogP contribution is 2.29. The largest absolute Gasteiger partial charge is 0.396 e. The fourth-order valence-electron chi connectivity index (χ4n) is 2.48. The Morgan fingerprint density at radius 3 is 2.71 bits per heavy atom. The molecule has 2 nitrogen and oxygen atoms in total. The van der Waals surface area contributed by atoms with Gasteiger partial charge in [0.1, 0.15) is 5.82 Å². The number of nitrogens with two attached hydrogens (primary N) is 1. The normalized spacial score (nSPS) is 16.3. The first-order chi connectivity index (χ1) is 8.16. The molecule has 0 bridgehead atoms.